The molecule has 0 saturated heterocycles. The van der Waals surface area contributed by atoms with Gasteiger partial charge in [-0.05, 0) is 64.2 Å². The number of hydrogen-bond donors (Lipinski definition) is 0. The summed E-state index contributed by atoms with van der Waals surface area (Å²) in [7, 11) is 0. The molecule has 0 saturated carbocycles. The molecule has 0 aliphatic heterocycles. The second-order valence-corrected chi connectivity index (χ2v) is 14.1. The Hall–Kier alpha value is -7.42. The van der Waals surface area contributed by atoms with Crippen LogP contribution in [0.1, 0.15) is 0 Å². The SMILES string of the molecule is c1ccc(-c2ccc(N(c3ccc4c5ccccc5n(-c5ccccc5-c5ccccc5)c4c3)c3c(-c4ccccc4)cccc3-c3ccccc3)cc2)cc1. The monoisotopic (exact) mass is 714 g/mol. The molecule has 0 bridgehead atoms. The second kappa shape index (κ2) is 14.4. The molecule has 264 valence electrons. The van der Waals surface area contributed by atoms with Crippen molar-refractivity contribution in [1.82, 2.24) is 4.57 Å². The first kappa shape index (κ1) is 33.2. The van der Waals surface area contributed by atoms with Crippen LogP contribution in [0.25, 0.3) is 72.0 Å². The molecule has 0 unspecified atom stereocenters. The molecule has 2 heteroatoms. The minimum atomic E-state index is 1.08. The predicted molar refractivity (Wildman–Crippen MR) is 237 cm³/mol. The van der Waals surface area contributed by atoms with E-state index in [9.17, 15) is 0 Å². The van der Waals surface area contributed by atoms with Crippen LogP contribution in [-0.4, -0.2) is 4.57 Å². The standard InChI is InChI=1S/C54H38N2/c1-5-18-39(19-6-1)40-32-34-44(35-33-40)55(54-47(42-22-9-3-10-23-42)28-17-29-48(54)43-24-11-4-12-25-43)45-36-37-50-49-27-14-16-31-52(49)56(53(50)38-45)51-30-15-13-26-46(51)41-20-7-2-8-21-41/h1-38H. The van der Waals surface area contributed by atoms with Crippen molar-refractivity contribution in [2.45, 2.75) is 0 Å². The molecule has 0 aliphatic carbocycles. The zero-order chi connectivity index (χ0) is 37.3. The van der Waals surface area contributed by atoms with E-state index in [1.807, 2.05) is 0 Å². The smallest absolute Gasteiger partial charge is 0.0618 e. The highest BCUT2D eigenvalue weighted by molar-refractivity contribution is 6.11. The summed E-state index contributed by atoms with van der Waals surface area (Å²) in [4.78, 5) is 2.46. The number of fused-ring (bicyclic) bond motifs is 3. The first-order valence-corrected chi connectivity index (χ1v) is 19.2. The molecule has 1 aromatic heterocycles. The van der Waals surface area contributed by atoms with E-state index in [4.69, 9.17) is 0 Å². The van der Waals surface area contributed by atoms with Crippen molar-refractivity contribution in [1.29, 1.82) is 0 Å². The highest BCUT2D eigenvalue weighted by atomic mass is 15.1. The summed E-state index contributed by atoms with van der Waals surface area (Å²) >= 11 is 0. The first-order valence-electron chi connectivity index (χ1n) is 19.2. The van der Waals surface area contributed by atoms with Crippen LogP contribution in [0, 0.1) is 0 Å². The lowest BCUT2D eigenvalue weighted by Crippen LogP contribution is -2.13. The minimum Gasteiger partial charge on any atom is -0.309 e. The van der Waals surface area contributed by atoms with Crippen molar-refractivity contribution in [3.8, 4) is 50.2 Å². The van der Waals surface area contributed by atoms with Gasteiger partial charge >= 0.3 is 0 Å². The van der Waals surface area contributed by atoms with Gasteiger partial charge in [0.2, 0.25) is 0 Å². The molecule has 56 heavy (non-hydrogen) atoms. The Morgan fingerprint density at radius 1 is 0.286 bits per heavy atom. The summed E-state index contributed by atoms with van der Waals surface area (Å²) in [6.07, 6.45) is 0. The van der Waals surface area contributed by atoms with E-state index in [0.29, 0.717) is 0 Å². The zero-order valence-electron chi connectivity index (χ0n) is 30.8. The summed E-state index contributed by atoms with van der Waals surface area (Å²) in [5, 5.41) is 2.44. The molecule has 0 amide bonds. The average Bonchev–Trinajstić information content (AvgIpc) is 3.61. The molecular weight excluding hydrogens is 677 g/mol. The van der Waals surface area contributed by atoms with E-state index >= 15 is 0 Å². The number of para-hydroxylation sites is 3. The molecule has 0 aliphatic rings. The maximum absolute atomic E-state index is 2.46. The minimum absolute atomic E-state index is 1.08. The van der Waals surface area contributed by atoms with Gasteiger partial charge in [-0.3, -0.25) is 0 Å². The zero-order valence-corrected chi connectivity index (χ0v) is 30.8. The summed E-state index contributed by atoms with van der Waals surface area (Å²) < 4.78 is 2.45. The van der Waals surface area contributed by atoms with E-state index in [2.05, 4.69) is 240 Å². The fourth-order valence-electron chi connectivity index (χ4n) is 8.21. The molecule has 0 spiro atoms. The first-order chi connectivity index (χ1) is 27.8. The van der Waals surface area contributed by atoms with Crippen LogP contribution in [0.5, 0.6) is 0 Å². The topological polar surface area (TPSA) is 8.17 Å². The highest BCUT2D eigenvalue weighted by Crippen LogP contribution is 2.48. The lowest BCUT2D eigenvalue weighted by Gasteiger charge is -2.31. The average molecular weight is 715 g/mol. The highest BCUT2D eigenvalue weighted by Gasteiger charge is 2.24. The van der Waals surface area contributed by atoms with Crippen LogP contribution in [0.4, 0.5) is 17.1 Å². The Balaban J connectivity index is 1.27. The van der Waals surface area contributed by atoms with Crippen LogP contribution in [0.15, 0.2) is 231 Å². The van der Waals surface area contributed by atoms with Gasteiger partial charge < -0.3 is 9.47 Å². The third-order valence-corrected chi connectivity index (χ3v) is 10.8. The van der Waals surface area contributed by atoms with Gasteiger partial charge in [0.1, 0.15) is 0 Å². The van der Waals surface area contributed by atoms with Crippen molar-refractivity contribution < 1.29 is 0 Å². The molecule has 10 aromatic rings. The third kappa shape index (κ3) is 5.95. The van der Waals surface area contributed by atoms with Crippen molar-refractivity contribution >= 4 is 38.9 Å². The van der Waals surface area contributed by atoms with Crippen molar-refractivity contribution in [2.75, 3.05) is 4.90 Å². The lowest BCUT2D eigenvalue weighted by atomic mass is 9.94. The second-order valence-electron chi connectivity index (χ2n) is 14.1. The van der Waals surface area contributed by atoms with Crippen LogP contribution < -0.4 is 4.90 Å². The maximum Gasteiger partial charge on any atom is 0.0618 e. The van der Waals surface area contributed by atoms with E-state index < -0.39 is 0 Å². The van der Waals surface area contributed by atoms with Crippen molar-refractivity contribution in [3.05, 3.63) is 231 Å². The lowest BCUT2D eigenvalue weighted by molar-refractivity contribution is 1.18. The number of anilines is 3. The van der Waals surface area contributed by atoms with E-state index in [1.165, 1.54) is 38.5 Å². The molecule has 0 N–H and O–H groups in total. The summed E-state index contributed by atoms with van der Waals surface area (Å²) in [6, 6.07) is 83.1. The molecule has 2 nitrogen and oxygen atoms in total. The number of nitrogens with zero attached hydrogens (tertiary/aromatic N) is 2. The number of rotatable bonds is 8. The van der Waals surface area contributed by atoms with E-state index in [-0.39, 0.29) is 0 Å². The third-order valence-electron chi connectivity index (χ3n) is 10.8. The largest absolute Gasteiger partial charge is 0.309 e. The van der Waals surface area contributed by atoms with Gasteiger partial charge in [0.05, 0.1) is 22.4 Å². The quantitative estimate of drug-likeness (QED) is 0.152. The number of hydrogen-bond acceptors (Lipinski definition) is 1. The summed E-state index contributed by atoms with van der Waals surface area (Å²) in [5.41, 5.74) is 16.2. The molecule has 0 atom stereocenters. The van der Waals surface area contributed by atoms with E-state index in [0.717, 1.165) is 50.5 Å². The molecule has 0 radical (unpaired) electrons. The Morgan fingerprint density at radius 3 is 1.36 bits per heavy atom. The van der Waals surface area contributed by atoms with Gasteiger partial charge in [0, 0.05) is 38.8 Å². The normalized spacial score (nSPS) is 11.2. The predicted octanol–water partition coefficient (Wildman–Crippen LogP) is 14.9. The Labute approximate surface area is 327 Å². The van der Waals surface area contributed by atoms with Gasteiger partial charge in [-0.2, -0.15) is 0 Å². The van der Waals surface area contributed by atoms with Crippen LogP contribution in [-0.2, 0) is 0 Å². The van der Waals surface area contributed by atoms with Gasteiger partial charge in [-0.25, -0.2) is 0 Å². The molecular formula is C54H38N2. The van der Waals surface area contributed by atoms with Crippen LogP contribution in [0.2, 0.25) is 0 Å². The van der Waals surface area contributed by atoms with Gasteiger partial charge in [-0.1, -0.05) is 194 Å². The van der Waals surface area contributed by atoms with Gasteiger partial charge in [0.25, 0.3) is 0 Å². The molecule has 1 heterocycles. The summed E-state index contributed by atoms with van der Waals surface area (Å²) in [6.45, 7) is 0. The Kier molecular flexibility index (Phi) is 8.55. The van der Waals surface area contributed by atoms with Crippen LogP contribution in [0.3, 0.4) is 0 Å². The molecule has 0 fully saturated rings. The molecule has 9 aromatic carbocycles. The fourth-order valence-corrected chi connectivity index (χ4v) is 8.21. The fraction of sp³-hybridized carbons (Fsp3) is 0. The van der Waals surface area contributed by atoms with Crippen molar-refractivity contribution in [2.24, 2.45) is 0 Å². The van der Waals surface area contributed by atoms with Gasteiger partial charge in [-0.15, -0.1) is 0 Å². The van der Waals surface area contributed by atoms with Gasteiger partial charge in [0.15, 0.2) is 0 Å². The molecule has 10 rings (SSSR count). The number of aromatic nitrogens is 1. The Morgan fingerprint density at radius 2 is 0.732 bits per heavy atom. The Bertz CT molecular complexity index is 2870. The number of benzene rings is 9. The summed E-state index contributed by atoms with van der Waals surface area (Å²) in [5.74, 6) is 0. The maximum atomic E-state index is 2.46. The van der Waals surface area contributed by atoms with E-state index in [1.54, 1.807) is 0 Å². The van der Waals surface area contributed by atoms with Crippen molar-refractivity contribution in [3.63, 3.8) is 0 Å². The van der Waals surface area contributed by atoms with Crippen LogP contribution >= 0.6 is 0 Å².